The van der Waals surface area contributed by atoms with E-state index in [1.165, 1.54) is 19.3 Å². The second-order valence-electron chi connectivity index (χ2n) is 8.74. The highest BCUT2D eigenvalue weighted by Crippen LogP contribution is 2.43. The lowest BCUT2D eigenvalue weighted by molar-refractivity contribution is 0.0869. The Morgan fingerprint density at radius 1 is 0.688 bits per heavy atom. The molecule has 0 bridgehead atoms. The SMILES string of the molecule is CC(C)(C)CCCC(C(C)(C)C)C(C)(C)C. The first-order valence-electron chi connectivity index (χ1n) is 6.84. The maximum Gasteiger partial charge on any atom is -0.0317 e. The molecule has 0 N–H and O–H groups in total. The Hall–Kier alpha value is 0. The molecule has 0 amide bonds. The molecule has 0 saturated heterocycles. The minimum absolute atomic E-state index is 0.427. The molecule has 0 saturated carbocycles. The standard InChI is InChI=1S/C16H34/c1-14(2,3)12-10-11-13(15(4,5)6)16(7,8)9/h13H,10-12H2,1-9H3. The summed E-state index contributed by atoms with van der Waals surface area (Å²) < 4.78 is 0. The van der Waals surface area contributed by atoms with Gasteiger partial charge in [0.2, 0.25) is 0 Å². The normalized spacial score (nSPS) is 14.6. The Labute approximate surface area is 104 Å². The van der Waals surface area contributed by atoms with Crippen LogP contribution >= 0.6 is 0 Å². The van der Waals surface area contributed by atoms with Gasteiger partial charge in [0.25, 0.3) is 0 Å². The van der Waals surface area contributed by atoms with Gasteiger partial charge >= 0.3 is 0 Å². The van der Waals surface area contributed by atoms with E-state index in [2.05, 4.69) is 62.3 Å². The van der Waals surface area contributed by atoms with Crippen molar-refractivity contribution in [2.75, 3.05) is 0 Å². The Balaban J connectivity index is 4.38. The molecule has 16 heavy (non-hydrogen) atoms. The highest BCUT2D eigenvalue weighted by atomic mass is 14.4. The van der Waals surface area contributed by atoms with Crippen molar-refractivity contribution in [3.8, 4) is 0 Å². The van der Waals surface area contributed by atoms with Crippen molar-refractivity contribution >= 4 is 0 Å². The van der Waals surface area contributed by atoms with E-state index in [4.69, 9.17) is 0 Å². The van der Waals surface area contributed by atoms with Crippen LogP contribution in [-0.4, -0.2) is 0 Å². The third kappa shape index (κ3) is 6.55. The van der Waals surface area contributed by atoms with Crippen LogP contribution in [0.1, 0.15) is 81.6 Å². The highest BCUT2D eigenvalue weighted by Gasteiger charge is 2.34. The molecule has 0 nitrogen and oxygen atoms in total. The molecule has 0 aromatic rings. The zero-order valence-electron chi connectivity index (χ0n) is 13.2. The maximum atomic E-state index is 2.39. The quantitative estimate of drug-likeness (QED) is 0.561. The van der Waals surface area contributed by atoms with E-state index in [0.717, 1.165) is 5.92 Å². The maximum absolute atomic E-state index is 2.39. The van der Waals surface area contributed by atoms with E-state index < -0.39 is 0 Å². The molecular formula is C16H34. The van der Waals surface area contributed by atoms with E-state index in [-0.39, 0.29) is 0 Å². The van der Waals surface area contributed by atoms with Crippen LogP contribution in [0.5, 0.6) is 0 Å². The van der Waals surface area contributed by atoms with Crippen LogP contribution in [0.15, 0.2) is 0 Å². The Morgan fingerprint density at radius 3 is 1.31 bits per heavy atom. The smallest absolute Gasteiger partial charge is 0.0317 e. The van der Waals surface area contributed by atoms with Crippen LogP contribution in [0.2, 0.25) is 0 Å². The molecule has 0 aliphatic carbocycles. The van der Waals surface area contributed by atoms with E-state index in [1.54, 1.807) is 0 Å². The zero-order chi connectivity index (χ0) is 13.2. The summed E-state index contributed by atoms with van der Waals surface area (Å²) in [5.74, 6) is 0.808. The summed E-state index contributed by atoms with van der Waals surface area (Å²) >= 11 is 0. The average molecular weight is 226 g/mol. The summed E-state index contributed by atoms with van der Waals surface area (Å²) in [7, 11) is 0. The molecule has 0 heteroatoms. The van der Waals surface area contributed by atoms with Crippen molar-refractivity contribution in [2.45, 2.75) is 81.6 Å². The fraction of sp³-hybridized carbons (Fsp3) is 1.00. The Morgan fingerprint density at radius 2 is 1.06 bits per heavy atom. The summed E-state index contributed by atoms with van der Waals surface area (Å²) in [6, 6.07) is 0. The summed E-state index contributed by atoms with van der Waals surface area (Å²) in [6.45, 7) is 21.4. The number of hydrogen-bond acceptors (Lipinski definition) is 0. The Bertz CT molecular complexity index is 178. The van der Waals surface area contributed by atoms with E-state index in [9.17, 15) is 0 Å². The molecule has 0 fully saturated rings. The van der Waals surface area contributed by atoms with Crippen molar-refractivity contribution in [3.05, 3.63) is 0 Å². The first-order chi connectivity index (χ1) is 6.84. The van der Waals surface area contributed by atoms with E-state index in [0.29, 0.717) is 16.2 Å². The third-order valence-electron chi connectivity index (χ3n) is 3.51. The van der Waals surface area contributed by atoms with Crippen molar-refractivity contribution in [2.24, 2.45) is 22.2 Å². The van der Waals surface area contributed by atoms with Crippen LogP contribution in [0.3, 0.4) is 0 Å². The van der Waals surface area contributed by atoms with Gasteiger partial charge in [0.15, 0.2) is 0 Å². The monoisotopic (exact) mass is 226 g/mol. The van der Waals surface area contributed by atoms with Crippen LogP contribution in [0.25, 0.3) is 0 Å². The molecule has 0 spiro atoms. The summed E-state index contributed by atoms with van der Waals surface area (Å²) in [6.07, 6.45) is 4.07. The first kappa shape index (κ1) is 16.0. The van der Waals surface area contributed by atoms with Gasteiger partial charge in [-0.25, -0.2) is 0 Å². The summed E-state index contributed by atoms with van der Waals surface area (Å²) in [5, 5.41) is 0. The van der Waals surface area contributed by atoms with Gasteiger partial charge in [-0.2, -0.15) is 0 Å². The zero-order valence-corrected chi connectivity index (χ0v) is 13.2. The first-order valence-corrected chi connectivity index (χ1v) is 6.84. The molecule has 0 aliphatic heterocycles. The molecule has 98 valence electrons. The topological polar surface area (TPSA) is 0 Å². The average Bonchev–Trinajstić information content (AvgIpc) is 1.90. The van der Waals surface area contributed by atoms with E-state index >= 15 is 0 Å². The molecular weight excluding hydrogens is 192 g/mol. The fourth-order valence-corrected chi connectivity index (χ4v) is 3.00. The van der Waals surface area contributed by atoms with Crippen molar-refractivity contribution < 1.29 is 0 Å². The predicted octanol–water partition coefficient (Wildman–Crippen LogP) is 5.91. The predicted molar refractivity (Wildman–Crippen MR) is 75.7 cm³/mol. The van der Waals surface area contributed by atoms with Gasteiger partial charge in [0, 0.05) is 0 Å². The number of hydrogen-bond donors (Lipinski definition) is 0. The minimum Gasteiger partial charge on any atom is -0.0602 e. The molecule has 0 radical (unpaired) electrons. The van der Waals surface area contributed by atoms with Gasteiger partial charge in [-0.05, 0) is 35.0 Å². The summed E-state index contributed by atoms with van der Waals surface area (Å²) in [4.78, 5) is 0. The lowest BCUT2D eigenvalue weighted by atomic mass is 9.64. The molecule has 0 aliphatic rings. The lowest BCUT2D eigenvalue weighted by Gasteiger charge is -2.41. The van der Waals surface area contributed by atoms with Crippen LogP contribution in [-0.2, 0) is 0 Å². The van der Waals surface area contributed by atoms with E-state index in [1.807, 2.05) is 0 Å². The van der Waals surface area contributed by atoms with Crippen LogP contribution < -0.4 is 0 Å². The van der Waals surface area contributed by atoms with Gasteiger partial charge in [-0.1, -0.05) is 68.7 Å². The van der Waals surface area contributed by atoms with Gasteiger partial charge < -0.3 is 0 Å². The minimum atomic E-state index is 0.427. The Kier molecular flexibility index (Phi) is 5.10. The van der Waals surface area contributed by atoms with Gasteiger partial charge in [-0.3, -0.25) is 0 Å². The highest BCUT2D eigenvalue weighted by molar-refractivity contribution is 4.84. The van der Waals surface area contributed by atoms with Gasteiger partial charge in [0.1, 0.15) is 0 Å². The molecule has 0 atom stereocenters. The molecule has 0 unspecified atom stereocenters. The van der Waals surface area contributed by atoms with Gasteiger partial charge in [0.05, 0.1) is 0 Å². The van der Waals surface area contributed by atoms with Crippen molar-refractivity contribution in [1.29, 1.82) is 0 Å². The fourth-order valence-electron chi connectivity index (χ4n) is 3.00. The van der Waals surface area contributed by atoms with Crippen molar-refractivity contribution in [1.82, 2.24) is 0 Å². The third-order valence-corrected chi connectivity index (χ3v) is 3.51. The molecule has 0 rings (SSSR count). The van der Waals surface area contributed by atoms with Crippen molar-refractivity contribution in [3.63, 3.8) is 0 Å². The largest absolute Gasteiger partial charge is 0.0602 e. The van der Waals surface area contributed by atoms with Gasteiger partial charge in [-0.15, -0.1) is 0 Å². The second kappa shape index (κ2) is 5.10. The van der Waals surface area contributed by atoms with Crippen LogP contribution in [0, 0.1) is 22.2 Å². The lowest BCUT2D eigenvalue weighted by Crippen LogP contribution is -2.32. The summed E-state index contributed by atoms with van der Waals surface area (Å²) in [5.41, 5.74) is 1.34. The molecule has 0 aromatic carbocycles. The number of rotatable bonds is 3. The molecule has 0 aromatic heterocycles. The molecule has 0 heterocycles. The van der Waals surface area contributed by atoms with Crippen LogP contribution in [0.4, 0.5) is 0 Å². The second-order valence-corrected chi connectivity index (χ2v) is 8.74.